The molecule has 2 aromatic rings. The number of nitrogens with one attached hydrogen (secondary N) is 1. The van der Waals surface area contributed by atoms with E-state index in [-0.39, 0.29) is 6.10 Å². The Morgan fingerprint density at radius 3 is 2.00 bits per heavy atom. The predicted molar refractivity (Wildman–Crippen MR) is 102 cm³/mol. The first-order valence-electron chi connectivity index (χ1n) is 9.08. The molecule has 130 valence electrons. The number of ether oxygens (including phenoxy) is 1. The molecule has 2 rings (SSSR count). The highest BCUT2D eigenvalue weighted by molar-refractivity contribution is 5.35. The Balaban J connectivity index is 2.15. The number of quaternary nitrogens is 1. The van der Waals surface area contributed by atoms with Crippen LogP contribution in [0.3, 0.4) is 0 Å². The first-order valence-corrected chi connectivity index (χ1v) is 9.08. The van der Waals surface area contributed by atoms with E-state index in [4.69, 9.17) is 4.74 Å². The van der Waals surface area contributed by atoms with E-state index in [0.717, 1.165) is 13.2 Å². The second-order valence-electron chi connectivity index (χ2n) is 7.15. The lowest BCUT2D eigenvalue weighted by molar-refractivity contribution is -0.942. The lowest BCUT2D eigenvalue weighted by atomic mass is 9.97. The number of benzene rings is 2. The van der Waals surface area contributed by atoms with Gasteiger partial charge in [-0.1, -0.05) is 54.6 Å². The minimum atomic E-state index is 0.00738. The van der Waals surface area contributed by atoms with Crippen LogP contribution in [0.15, 0.2) is 54.6 Å². The third kappa shape index (κ3) is 4.93. The van der Waals surface area contributed by atoms with Crippen molar-refractivity contribution in [2.45, 2.75) is 52.8 Å². The van der Waals surface area contributed by atoms with Crippen LogP contribution in [-0.4, -0.2) is 25.2 Å². The summed E-state index contributed by atoms with van der Waals surface area (Å²) in [7, 11) is 0. The van der Waals surface area contributed by atoms with Crippen molar-refractivity contribution in [3.05, 3.63) is 71.3 Å². The highest BCUT2D eigenvalue weighted by Crippen LogP contribution is 2.28. The quantitative estimate of drug-likeness (QED) is 0.779. The van der Waals surface area contributed by atoms with Crippen LogP contribution in [0.4, 0.5) is 0 Å². The van der Waals surface area contributed by atoms with Crippen molar-refractivity contribution in [2.24, 2.45) is 0 Å². The monoisotopic (exact) mass is 326 g/mol. The fraction of sp³-hybridized carbons (Fsp3) is 0.455. The zero-order valence-electron chi connectivity index (χ0n) is 15.8. The second-order valence-corrected chi connectivity index (χ2v) is 7.15. The van der Waals surface area contributed by atoms with Gasteiger partial charge in [0.05, 0.1) is 18.7 Å². The van der Waals surface area contributed by atoms with E-state index in [0.29, 0.717) is 12.1 Å². The second kappa shape index (κ2) is 9.00. The average Bonchev–Trinajstić information content (AvgIpc) is 2.56. The molecule has 1 N–H and O–H groups in total. The Morgan fingerprint density at radius 1 is 0.833 bits per heavy atom. The summed E-state index contributed by atoms with van der Waals surface area (Å²) in [4.78, 5) is 1.59. The summed E-state index contributed by atoms with van der Waals surface area (Å²) in [6.07, 6.45) is 0.00738. The maximum absolute atomic E-state index is 6.41. The van der Waals surface area contributed by atoms with Gasteiger partial charge in [-0.25, -0.2) is 0 Å². The third-order valence-electron chi connectivity index (χ3n) is 4.73. The maximum atomic E-state index is 6.41. The van der Waals surface area contributed by atoms with Crippen LogP contribution in [0, 0.1) is 6.92 Å². The van der Waals surface area contributed by atoms with Gasteiger partial charge in [-0.05, 0) is 51.3 Å². The van der Waals surface area contributed by atoms with E-state index in [1.807, 2.05) is 0 Å². The van der Waals surface area contributed by atoms with Gasteiger partial charge in [0.1, 0.15) is 12.6 Å². The van der Waals surface area contributed by atoms with Gasteiger partial charge in [0.2, 0.25) is 0 Å². The van der Waals surface area contributed by atoms with Crippen LogP contribution in [0.5, 0.6) is 0 Å². The SMILES string of the molecule is Cc1ccccc1[C@@H](OCC[NH+](C(C)C)C(C)C)c1ccccc1. The van der Waals surface area contributed by atoms with Gasteiger partial charge in [0, 0.05) is 0 Å². The van der Waals surface area contributed by atoms with Crippen molar-refractivity contribution in [2.75, 3.05) is 13.2 Å². The Morgan fingerprint density at radius 2 is 1.42 bits per heavy atom. The molecule has 24 heavy (non-hydrogen) atoms. The predicted octanol–water partition coefficient (Wildman–Crippen LogP) is 3.80. The largest absolute Gasteiger partial charge is 0.363 e. The Bertz CT molecular complexity index is 598. The minimum Gasteiger partial charge on any atom is -0.363 e. The zero-order valence-corrected chi connectivity index (χ0v) is 15.8. The minimum absolute atomic E-state index is 0.00738. The summed E-state index contributed by atoms with van der Waals surface area (Å²) in [6, 6.07) is 20.3. The van der Waals surface area contributed by atoms with E-state index < -0.39 is 0 Å². The fourth-order valence-corrected chi connectivity index (χ4v) is 3.41. The van der Waals surface area contributed by atoms with Gasteiger partial charge in [-0.2, -0.15) is 0 Å². The first-order chi connectivity index (χ1) is 11.5. The summed E-state index contributed by atoms with van der Waals surface area (Å²) >= 11 is 0. The Labute approximate surface area is 147 Å². The van der Waals surface area contributed by atoms with Gasteiger partial charge < -0.3 is 9.64 Å². The van der Waals surface area contributed by atoms with Gasteiger partial charge in [-0.3, -0.25) is 0 Å². The highest BCUT2D eigenvalue weighted by Gasteiger charge is 2.20. The van der Waals surface area contributed by atoms with E-state index in [1.54, 1.807) is 4.90 Å². The van der Waals surface area contributed by atoms with Gasteiger partial charge >= 0.3 is 0 Å². The molecular weight excluding hydrogens is 294 g/mol. The summed E-state index contributed by atoms with van der Waals surface area (Å²) in [5, 5.41) is 0. The molecule has 0 bridgehead atoms. The first kappa shape index (κ1) is 18.7. The normalized spacial score (nSPS) is 13.0. The van der Waals surface area contributed by atoms with E-state index in [2.05, 4.69) is 89.2 Å². The number of hydrogen-bond donors (Lipinski definition) is 1. The van der Waals surface area contributed by atoms with Crippen molar-refractivity contribution in [3.63, 3.8) is 0 Å². The molecule has 0 heterocycles. The average molecular weight is 327 g/mol. The maximum Gasteiger partial charge on any atom is 0.108 e. The van der Waals surface area contributed by atoms with Crippen molar-refractivity contribution in [1.82, 2.24) is 0 Å². The Kier molecular flexibility index (Phi) is 7.01. The van der Waals surface area contributed by atoms with Crippen molar-refractivity contribution in [1.29, 1.82) is 0 Å². The lowest BCUT2D eigenvalue weighted by Crippen LogP contribution is -3.18. The zero-order chi connectivity index (χ0) is 17.5. The van der Waals surface area contributed by atoms with Gasteiger partial charge in [0.25, 0.3) is 0 Å². The lowest BCUT2D eigenvalue weighted by Gasteiger charge is -2.28. The van der Waals surface area contributed by atoms with Crippen LogP contribution < -0.4 is 4.90 Å². The molecule has 0 amide bonds. The van der Waals surface area contributed by atoms with Gasteiger partial charge in [-0.15, -0.1) is 0 Å². The molecule has 0 spiro atoms. The molecule has 0 saturated heterocycles. The number of aryl methyl sites for hydroxylation is 1. The highest BCUT2D eigenvalue weighted by atomic mass is 16.5. The van der Waals surface area contributed by atoms with Crippen LogP contribution in [0.2, 0.25) is 0 Å². The molecular formula is C22H32NO+. The Hall–Kier alpha value is -1.64. The van der Waals surface area contributed by atoms with E-state index in [1.165, 1.54) is 16.7 Å². The van der Waals surface area contributed by atoms with Crippen LogP contribution in [-0.2, 0) is 4.74 Å². The molecule has 1 atom stereocenters. The molecule has 0 aliphatic carbocycles. The van der Waals surface area contributed by atoms with Crippen molar-refractivity contribution < 1.29 is 9.64 Å². The fourth-order valence-electron chi connectivity index (χ4n) is 3.41. The molecule has 2 aromatic carbocycles. The summed E-state index contributed by atoms with van der Waals surface area (Å²) in [6.45, 7) is 13.1. The van der Waals surface area contributed by atoms with Crippen LogP contribution in [0.25, 0.3) is 0 Å². The summed E-state index contributed by atoms with van der Waals surface area (Å²) in [5.74, 6) is 0. The molecule has 0 aliphatic heterocycles. The third-order valence-corrected chi connectivity index (χ3v) is 4.73. The smallest absolute Gasteiger partial charge is 0.108 e. The standard InChI is InChI=1S/C22H31NO/c1-17(2)23(18(3)4)15-16-24-22(20-12-7-6-8-13-20)21-14-10-9-11-19(21)5/h6-14,17-18,22H,15-16H2,1-5H3/p+1/t22-/m0/s1. The molecule has 0 saturated carbocycles. The van der Waals surface area contributed by atoms with E-state index in [9.17, 15) is 0 Å². The molecule has 0 aromatic heterocycles. The molecule has 0 fully saturated rings. The van der Waals surface area contributed by atoms with Crippen molar-refractivity contribution in [3.8, 4) is 0 Å². The van der Waals surface area contributed by atoms with Crippen LogP contribution in [0.1, 0.15) is 50.5 Å². The molecule has 2 heteroatoms. The summed E-state index contributed by atoms with van der Waals surface area (Å²) < 4.78 is 6.41. The number of rotatable bonds is 8. The number of hydrogen-bond acceptors (Lipinski definition) is 1. The topological polar surface area (TPSA) is 13.7 Å². The summed E-state index contributed by atoms with van der Waals surface area (Å²) in [5.41, 5.74) is 3.77. The molecule has 0 unspecified atom stereocenters. The molecule has 2 nitrogen and oxygen atoms in total. The van der Waals surface area contributed by atoms with Crippen LogP contribution >= 0.6 is 0 Å². The molecule has 0 radical (unpaired) electrons. The molecule has 0 aliphatic rings. The van der Waals surface area contributed by atoms with E-state index >= 15 is 0 Å². The van der Waals surface area contributed by atoms with Gasteiger partial charge in [0.15, 0.2) is 0 Å². The van der Waals surface area contributed by atoms with Crippen molar-refractivity contribution >= 4 is 0 Å².